The van der Waals surface area contributed by atoms with Crippen molar-refractivity contribution >= 4 is 12.0 Å². The molecule has 0 aromatic heterocycles. The fourth-order valence-corrected chi connectivity index (χ4v) is 2.90. The van der Waals surface area contributed by atoms with E-state index in [1.54, 1.807) is 13.8 Å². The van der Waals surface area contributed by atoms with Gasteiger partial charge in [0.1, 0.15) is 18.8 Å². The Hall–Kier alpha value is -2.20. The normalized spacial score (nSPS) is 29.0. The summed E-state index contributed by atoms with van der Waals surface area (Å²) in [6, 6.07) is 9.18. The summed E-state index contributed by atoms with van der Waals surface area (Å²) >= 11 is 0. The first-order valence-electron chi connectivity index (χ1n) is 8.20. The van der Waals surface area contributed by atoms with Crippen LogP contribution in [0.1, 0.15) is 19.4 Å². The van der Waals surface area contributed by atoms with E-state index in [0.717, 1.165) is 5.56 Å². The molecular weight excluding hydrogens is 344 g/mol. The van der Waals surface area contributed by atoms with Gasteiger partial charge in [0.25, 0.3) is 5.91 Å². The van der Waals surface area contributed by atoms with Crippen molar-refractivity contribution in [2.24, 2.45) is 0 Å². The first-order chi connectivity index (χ1) is 12.4. The number of fused-ring (bicyclic) bond motifs is 1. The van der Waals surface area contributed by atoms with Crippen molar-refractivity contribution < 1.29 is 33.3 Å². The lowest BCUT2D eigenvalue weighted by Gasteiger charge is -2.23. The van der Waals surface area contributed by atoms with E-state index in [4.69, 9.17) is 23.7 Å². The number of methoxy groups -OCH3 is 1. The highest BCUT2D eigenvalue weighted by molar-refractivity contribution is 5.83. The molecule has 4 unspecified atom stereocenters. The molecule has 9 heteroatoms. The van der Waals surface area contributed by atoms with Crippen molar-refractivity contribution in [3.05, 3.63) is 35.9 Å². The average molecular weight is 366 g/mol. The van der Waals surface area contributed by atoms with Crippen LogP contribution in [0.5, 0.6) is 0 Å². The minimum atomic E-state index is -0.985. The van der Waals surface area contributed by atoms with E-state index >= 15 is 0 Å². The number of nitrogens with one attached hydrogen (secondary N) is 2. The standard InChI is InChI=1S/C17H22N2O7/c1-17(2)25-11-12(24-15(22-3)13(11)26-17)14(20)18-19-16(21)23-9-10-7-5-4-6-8-10/h4-8,11-13,15H,9H2,1-3H3,(H,18,20)(H,19,21). The number of amides is 2. The third kappa shape index (κ3) is 4.13. The minimum Gasteiger partial charge on any atom is -0.443 e. The molecular formula is C17H22N2O7. The fourth-order valence-electron chi connectivity index (χ4n) is 2.90. The molecule has 2 saturated heterocycles. The summed E-state index contributed by atoms with van der Waals surface area (Å²) in [6.07, 6.45) is -3.68. The van der Waals surface area contributed by atoms with Gasteiger partial charge in [-0.1, -0.05) is 30.3 Å². The maximum atomic E-state index is 12.3. The molecule has 3 rings (SSSR count). The lowest BCUT2D eigenvalue weighted by Crippen LogP contribution is -2.50. The highest BCUT2D eigenvalue weighted by Crippen LogP contribution is 2.38. The van der Waals surface area contributed by atoms with Gasteiger partial charge in [-0.3, -0.25) is 10.2 Å². The van der Waals surface area contributed by atoms with Gasteiger partial charge in [-0.05, 0) is 19.4 Å². The van der Waals surface area contributed by atoms with Crippen molar-refractivity contribution in [2.45, 2.75) is 50.8 Å². The van der Waals surface area contributed by atoms with Crippen LogP contribution in [0, 0.1) is 0 Å². The van der Waals surface area contributed by atoms with Crippen LogP contribution in [-0.2, 0) is 35.1 Å². The van der Waals surface area contributed by atoms with Crippen LogP contribution >= 0.6 is 0 Å². The molecule has 9 nitrogen and oxygen atoms in total. The molecule has 142 valence electrons. The van der Waals surface area contributed by atoms with Crippen molar-refractivity contribution in [1.82, 2.24) is 10.9 Å². The van der Waals surface area contributed by atoms with Gasteiger partial charge in [-0.15, -0.1) is 0 Å². The molecule has 0 spiro atoms. The van der Waals surface area contributed by atoms with Crippen LogP contribution in [0.4, 0.5) is 4.79 Å². The second-order valence-corrected chi connectivity index (χ2v) is 6.40. The molecule has 1 aromatic rings. The Morgan fingerprint density at radius 2 is 1.81 bits per heavy atom. The second kappa shape index (κ2) is 7.58. The number of hydrogen-bond donors (Lipinski definition) is 2. The zero-order valence-corrected chi connectivity index (χ0v) is 14.8. The second-order valence-electron chi connectivity index (χ2n) is 6.40. The monoisotopic (exact) mass is 366 g/mol. The highest BCUT2D eigenvalue weighted by atomic mass is 16.8. The molecule has 2 N–H and O–H groups in total. The Kier molecular flexibility index (Phi) is 5.42. The van der Waals surface area contributed by atoms with Gasteiger partial charge in [-0.25, -0.2) is 10.2 Å². The van der Waals surface area contributed by atoms with Gasteiger partial charge >= 0.3 is 6.09 Å². The molecule has 2 fully saturated rings. The molecule has 2 aliphatic rings. The molecule has 0 radical (unpaired) electrons. The largest absolute Gasteiger partial charge is 0.443 e. The Labute approximate surface area is 150 Å². The van der Waals surface area contributed by atoms with Crippen LogP contribution < -0.4 is 10.9 Å². The number of hydrazine groups is 1. The van der Waals surface area contributed by atoms with Crippen LogP contribution in [0.2, 0.25) is 0 Å². The molecule has 0 saturated carbocycles. The van der Waals surface area contributed by atoms with Gasteiger partial charge < -0.3 is 23.7 Å². The van der Waals surface area contributed by atoms with E-state index in [9.17, 15) is 9.59 Å². The topological polar surface area (TPSA) is 104 Å². The summed E-state index contributed by atoms with van der Waals surface area (Å²) in [5.74, 6) is -1.44. The van der Waals surface area contributed by atoms with Crippen molar-refractivity contribution in [3.63, 3.8) is 0 Å². The quantitative estimate of drug-likeness (QED) is 0.761. The summed E-state index contributed by atoms with van der Waals surface area (Å²) < 4.78 is 27.2. The molecule has 2 amide bonds. The zero-order chi connectivity index (χ0) is 18.7. The summed E-state index contributed by atoms with van der Waals surface area (Å²) in [6.45, 7) is 3.57. The third-order valence-electron chi connectivity index (χ3n) is 4.00. The van der Waals surface area contributed by atoms with Crippen LogP contribution in [0.25, 0.3) is 0 Å². The Morgan fingerprint density at radius 1 is 1.12 bits per heavy atom. The Balaban J connectivity index is 1.49. The van der Waals surface area contributed by atoms with E-state index < -0.39 is 42.4 Å². The zero-order valence-electron chi connectivity index (χ0n) is 14.8. The van der Waals surface area contributed by atoms with E-state index in [0.29, 0.717) is 0 Å². The minimum absolute atomic E-state index is 0.0874. The van der Waals surface area contributed by atoms with Crippen molar-refractivity contribution in [3.8, 4) is 0 Å². The molecule has 4 atom stereocenters. The van der Waals surface area contributed by atoms with Crippen LogP contribution in [-0.4, -0.2) is 49.5 Å². The molecule has 1 aromatic carbocycles. The van der Waals surface area contributed by atoms with Gasteiger partial charge in [0, 0.05) is 7.11 Å². The van der Waals surface area contributed by atoms with Crippen molar-refractivity contribution in [1.29, 1.82) is 0 Å². The number of hydrogen-bond acceptors (Lipinski definition) is 7. The Morgan fingerprint density at radius 3 is 2.50 bits per heavy atom. The number of carbonyl (C=O) groups is 2. The first-order valence-corrected chi connectivity index (χ1v) is 8.20. The average Bonchev–Trinajstić information content (AvgIpc) is 3.11. The lowest BCUT2D eigenvalue weighted by molar-refractivity contribution is -0.226. The summed E-state index contributed by atoms with van der Waals surface area (Å²) in [4.78, 5) is 24.1. The number of benzene rings is 1. The van der Waals surface area contributed by atoms with Gasteiger partial charge in [-0.2, -0.15) is 0 Å². The van der Waals surface area contributed by atoms with E-state index in [-0.39, 0.29) is 6.61 Å². The van der Waals surface area contributed by atoms with Gasteiger partial charge in [0.2, 0.25) is 0 Å². The molecule has 2 aliphatic heterocycles. The van der Waals surface area contributed by atoms with Crippen LogP contribution in [0.15, 0.2) is 30.3 Å². The molecule has 26 heavy (non-hydrogen) atoms. The molecule has 2 heterocycles. The van der Waals surface area contributed by atoms with Crippen molar-refractivity contribution in [2.75, 3.05) is 7.11 Å². The van der Waals surface area contributed by atoms with E-state index in [1.807, 2.05) is 30.3 Å². The van der Waals surface area contributed by atoms with E-state index in [1.165, 1.54) is 7.11 Å². The third-order valence-corrected chi connectivity index (χ3v) is 4.00. The SMILES string of the molecule is COC1OC(C(=O)NNC(=O)OCc2ccccc2)C2OC(C)(C)OC12. The van der Waals surface area contributed by atoms with Crippen LogP contribution in [0.3, 0.4) is 0 Å². The highest BCUT2D eigenvalue weighted by Gasteiger charge is 2.57. The van der Waals surface area contributed by atoms with E-state index in [2.05, 4.69) is 10.9 Å². The summed E-state index contributed by atoms with van der Waals surface area (Å²) in [5, 5.41) is 0. The summed E-state index contributed by atoms with van der Waals surface area (Å²) in [7, 11) is 1.45. The number of rotatable bonds is 4. The number of carbonyl (C=O) groups excluding carboxylic acids is 2. The first kappa shape index (κ1) is 18.6. The molecule has 0 bridgehead atoms. The summed E-state index contributed by atoms with van der Waals surface area (Å²) in [5.41, 5.74) is 5.28. The smallest absolute Gasteiger partial charge is 0.426 e. The Bertz CT molecular complexity index is 652. The predicted octanol–water partition coefficient (Wildman–Crippen LogP) is 0.835. The number of ether oxygens (including phenoxy) is 5. The maximum Gasteiger partial charge on any atom is 0.426 e. The van der Waals surface area contributed by atoms with Gasteiger partial charge in [0.05, 0.1) is 0 Å². The van der Waals surface area contributed by atoms with Gasteiger partial charge in [0.15, 0.2) is 18.2 Å². The molecule has 0 aliphatic carbocycles. The predicted molar refractivity (Wildman–Crippen MR) is 87.4 cm³/mol. The fraction of sp³-hybridized carbons (Fsp3) is 0.529. The lowest BCUT2D eigenvalue weighted by atomic mass is 10.1. The maximum absolute atomic E-state index is 12.3.